The highest BCUT2D eigenvalue weighted by Crippen LogP contribution is 2.42. The van der Waals surface area contributed by atoms with Crippen LogP contribution in [0.5, 0.6) is 5.75 Å². The average molecular weight is 310 g/mol. The molecule has 0 radical (unpaired) electrons. The quantitative estimate of drug-likeness (QED) is 0.878. The monoisotopic (exact) mass is 309 g/mol. The van der Waals surface area contributed by atoms with Crippen LogP contribution in [0.3, 0.4) is 0 Å². The van der Waals surface area contributed by atoms with Crippen molar-refractivity contribution in [3.05, 3.63) is 23.2 Å². The topological polar surface area (TPSA) is 30.5 Å². The van der Waals surface area contributed by atoms with Gasteiger partial charge in [-0.2, -0.15) is 0 Å². The van der Waals surface area contributed by atoms with Crippen LogP contribution in [0.4, 0.5) is 5.69 Å². The van der Waals surface area contributed by atoms with Crippen LogP contribution in [-0.4, -0.2) is 25.4 Å². The van der Waals surface area contributed by atoms with Crippen molar-refractivity contribution in [3.63, 3.8) is 0 Å². The molecule has 0 aromatic heterocycles. The zero-order valence-corrected chi connectivity index (χ0v) is 13.4. The highest BCUT2D eigenvalue weighted by Gasteiger charge is 2.40. The first-order chi connectivity index (χ1) is 10.2. The maximum Gasteiger partial charge on any atom is 0.121 e. The summed E-state index contributed by atoms with van der Waals surface area (Å²) in [4.78, 5) is 0. The highest BCUT2D eigenvalue weighted by molar-refractivity contribution is 6.33. The molecule has 1 spiro atoms. The standard InChI is InChI=1S/C17H24ClNO2/c1-20-13-5-6-15(18)16(11-13)19-12-14-7-10-17(21-14)8-3-2-4-9-17/h5-6,11,14,19H,2-4,7-10,12H2,1H3. The Labute approximate surface area is 132 Å². The molecule has 2 fully saturated rings. The predicted octanol–water partition coefficient (Wildman–Crippen LogP) is 4.64. The van der Waals surface area contributed by atoms with Crippen molar-refractivity contribution in [2.75, 3.05) is 19.0 Å². The Kier molecular flexibility index (Phi) is 4.60. The Balaban J connectivity index is 1.56. The number of methoxy groups -OCH3 is 1. The molecule has 3 rings (SSSR count). The van der Waals surface area contributed by atoms with E-state index in [2.05, 4.69) is 5.32 Å². The van der Waals surface area contributed by atoms with E-state index in [-0.39, 0.29) is 5.60 Å². The molecular weight excluding hydrogens is 286 g/mol. The lowest BCUT2D eigenvalue weighted by molar-refractivity contribution is -0.0588. The molecule has 1 N–H and O–H groups in total. The van der Waals surface area contributed by atoms with E-state index in [9.17, 15) is 0 Å². The van der Waals surface area contributed by atoms with Gasteiger partial charge in [-0.25, -0.2) is 0 Å². The first-order valence-corrected chi connectivity index (χ1v) is 8.34. The third-order valence-corrected chi connectivity index (χ3v) is 5.13. The third-order valence-electron chi connectivity index (χ3n) is 4.80. The highest BCUT2D eigenvalue weighted by atomic mass is 35.5. The molecule has 116 valence electrons. The summed E-state index contributed by atoms with van der Waals surface area (Å²) in [6.45, 7) is 0.814. The van der Waals surface area contributed by atoms with Crippen molar-refractivity contribution in [1.29, 1.82) is 0 Å². The summed E-state index contributed by atoms with van der Waals surface area (Å²) >= 11 is 6.22. The van der Waals surface area contributed by atoms with Gasteiger partial charge >= 0.3 is 0 Å². The number of hydrogen-bond donors (Lipinski definition) is 1. The summed E-state index contributed by atoms with van der Waals surface area (Å²) < 4.78 is 11.6. The summed E-state index contributed by atoms with van der Waals surface area (Å²) in [5.74, 6) is 0.818. The van der Waals surface area contributed by atoms with E-state index < -0.39 is 0 Å². The van der Waals surface area contributed by atoms with E-state index >= 15 is 0 Å². The van der Waals surface area contributed by atoms with Crippen LogP contribution in [0, 0.1) is 0 Å². The van der Waals surface area contributed by atoms with Gasteiger partial charge in [0, 0.05) is 12.6 Å². The summed E-state index contributed by atoms with van der Waals surface area (Å²) in [6.07, 6.45) is 9.15. The van der Waals surface area contributed by atoms with Gasteiger partial charge in [0.05, 0.1) is 29.5 Å². The fourth-order valence-corrected chi connectivity index (χ4v) is 3.78. The zero-order chi connectivity index (χ0) is 14.7. The van der Waals surface area contributed by atoms with Crippen LogP contribution in [0.1, 0.15) is 44.9 Å². The Morgan fingerprint density at radius 1 is 1.29 bits per heavy atom. The molecule has 1 aliphatic carbocycles. The van der Waals surface area contributed by atoms with Crippen molar-refractivity contribution in [1.82, 2.24) is 0 Å². The molecule has 1 unspecified atom stereocenters. The molecule has 21 heavy (non-hydrogen) atoms. The lowest BCUT2D eigenvalue weighted by Crippen LogP contribution is -2.33. The lowest BCUT2D eigenvalue weighted by atomic mass is 9.83. The van der Waals surface area contributed by atoms with Gasteiger partial charge in [0.2, 0.25) is 0 Å². The molecule has 3 nitrogen and oxygen atoms in total. The number of halogens is 1. The van der Waals surface area contributed by atoms with Gasteiger partial charge in [-0.15, -0.1) is 0 Å². The Morgan fingerprint density at radius 3 is 2.86 bits per heavy atom. The molecule has 1 aromatic carbocycles. The molecule has 1 atom stereocenters. The van der Waals surface area contributed by atoms with Crippen molar-refractivity contribution < 1.29 is 9.47 Å². The minimum atomic E-state index is 0.183. The minimum Gasteiger partial charge on any atom is -0.497 e. The fraction of sp³-hybridized carbons (Fsp3) is 0.647. The van der Waals surface area contributed by atoms with Crippen molar-refractivity contribution in [2.24, 2.45) is 0 Å². The van der Waals surface area contributed by atoms with Gasteiger partial charge in [0.1, 0.15) is 5.75 Å². The average Bonchev–Trinajstić information content (AvgIpc) is 2.90. The first-order valence-electron chi connectivity index (χ1n) is 7.96. The van der Waals surface area contributed by atoms with Crippen LogP contribution in [-0.2, 0) is 4.74 Å². The molecule has 1 heterocycles. The van der Waals surface area contributed by atoms with E-state index in [0.29, 0.717) is 6.10 Å². The molecule has 0 bridgehead atoms. The minimum absolute atomic E-state index is 0.183. The number of benzene rings is 1. The largest absolute Gasteiger partial charge is 0.497 e. The second-order valence-electron chi connectivity index (χ2n) is 6.25. The van der Waals surface area contributed by atoms with E-state index in [1.807, 2.05) is 18.2 Å². The van der Waals surface area contributed by atoms with Gasteiger partial charge in [-0.1, -0.05) is 30.9 Å². The van der Waals surface area contributed by atoms with Crippen molar-refractivity contribution >= 4 is 17.3 Å². The summed E-state index contributed by atoms with van der Waals surface area (Å²) in [5, 5.41) is 4.14. The van der Waals surface area contributed by atoms with Crippen LogP contribution in [0.15, 0.2) is 18.2 Å². The van der Waals surface area contributed by atoms with Crippen LogP contribution >= 0.6 is 11.6 Å². The maximum atomic E-state index is 6.37. The summed E-state index contributed by atoms with van der Waals surface area (Å²) in [6, 6.07) is 5.67. The van der Waals surface area contributed by atoms with Crippen LogP contribution < -0.4 is 10.1 Å². The number of hydrogen-bond acceptors (Lipinski definition) is 3. The SMILES string of the molecule is COc1ccc(Cl)c(NCC2CCC3(CCCCC3)O2)c1. The Hall–Kier alpha value is -0.930. The molecule has 1 saturated heterocycles. The number of nitrogens with one attached hydrogen (secondary N) is 1. The van der Waals surface area contributed by atoms with E-state index in [0.717, 1.165) is 29.4 Å². The molecule has 1 aliphatic heterocycles. The summed E-state index contributed by atoms with van der Waals surface area (Å²) in [7, 11) is 1.67. The fourth-order valence-electron chi connectivity index (χ4n) is 3.59. The molecule has 0 amide bonds. The zero-order valence-electron chi connectivity index (χ0n) is 12.7. The van der Waals surface area contributed by atoms with Gasteiger partial charge in [-0.3, -0.25) is 0 Å². The normalized spacial score (nSPS) is 24.2. The smallest absolute Gasteiger partial charge is 0.121 e. The second kappa shape index (κ2) is 6.45. The number of rotatable bonds is 4. The molecular formula is C17H24ClNO2. The Morgan fingerprint density at radius 2 is 2.10 bits per heavy atom. The van der Waals surface area contributed by atoms with Gasteiger partial charge < -0.3 is 14.8 Å². The van der Waals surface area contributed by atoms with Crippen LogP contribution in [0.25, 0.3) is 0 Å². The van der Waals surface area contributed by atoms with E-state index in [1.54, 1.807) is 7.11 Å². The van der Waals surface area contributed by atoms with Gasteiger partial charge in [0.15, 0.2) is 0 Å². The second-order valence-corrected chi connectivity index (χ2v) is 6.66. The lowest BCUT2D eigenvalue weighted by Gasteiger charge is -2.33. The van der Waals surface area contributed by atoms with Crippen LogP contribution in [0.2, 0.25) is 5.02 Å². The maximum absolute atomic E-state index is 6.37. The summed E-state index contributed by atoms with van der Waals surface area (Å²) in [5.41, 5.74) is 1.10. The van der Waals surface area contributed by atoms with Crippen molar-refractivity contribution in [3.8, 4) is 5.75 Å². The number of ether oxygens (including phenoxy) is 2. The number of anilines is 1. The first kappa shape index (κ1) is 15.0. The van der Waals surface area contributed by atoms with E-state index in [4.69, 9.17) is 21.1 Å². The molecule has 1 saturated carbocycles. The predicted molar refractivity (Wildman–Crippen MR) is 86.4 cm³/mol. The van der Waals surface area contributed by atoms with Gasteiger partial charge in [0.25, 0.3) is 0 Å². The third kappa shape index (κ3) is 3.46. The Bertz CT molecular complexity index is 486. The molecule has 1 aromatic rings. The molecule has 4 heteroatoms. The van der Waals surface area contributed by atoms with Gasteiger partial charge in [-0.05, 0) is 37.8 Å². The molecule has 2 aliphatic rings. The van der Waals surface area contributed by atoms with E-state index in [1.165, 1.54) is 38.5 Å². The van der Waals surface area contributed by atoms with Crippen molar-refractivity contribution in [2.45, 2.75) is 56.7 Å².